The number of benzene rings is 1. The number of aromatic amines is 1. The molecular formula is C15H21N3. The summed E-state index contributed by atoms with van der Waals surface area (Å²) in [6.45, 7) is 4.73. The van der Waals surface area contributed by atoms with Crippen molar-refractivity contribution in [1.29, 1.82) is 0 Å². The van der Waals surface area contributed by atoms with Crippen molar-refractivity contribution >= 4 is 16.6 Å². The normalized spacial score (nSPS) is 28.4. The van der Waals surface area contributed by atoms with Gasteiger partial charge in [0.25, 0.3) is 0 Å². The minimum absolute atomic E-state index is 0.615. The van der Waals surface area contributed by atoms with Crippen molar-refractivity contribution < 1.29 is 0 Å². The molecule has 0 saturated heterocycles. The first-order chi connectivity index (χ1) is 8.70. The van der Waals surface area contributed by atoms with Crippen LogP contribution in [0.3, 0.4) is 0 Å². The Balaban J connectivity index is 1.74. The number of H-pyrrole nitrogens is 1. The van der Waals surface area contributed by atoms with Gasteiger partial charge >= 0.3 is 0 Å². The molecule has 2 unspecified atom stereocenters. The molecule has 0 bridgehead atoms. The highest BCUT2D eigenvalue weighted by Gasteiger charge is 2.23. The predicted octanol–water partition coefficient (Wildman–Crippen LogP) is 3.80. The number of anilines is 1. The van der Waals surface area contributed by atoms with E-state index in [1.54, 1.807) is 0 Å². The van der Waals surface area contributed by atoms with E-state index in [1.165, 1.54) is 30.3 Å². The number of hydrogen-bond acceptors (Lipinski definition) is 2. The summed E-state index contributed by atoms with van der Waals surface area (Å²) in [4.78, 5) is 0. The van der Waals surface area contributed by atoms with Crippen LogP contribution < -0.4 is 5.32 Å². The molecule has 1 saturated carbocycles. The number of hydrogen-bond donors (Lipinski definition) is 2. The fraction of sp³-hybridized carbons (Fsp3) is 0.533. The summed E-state index contributed by atoms with van der Waals surface area (Å²) in [7, 11) is 0. The van der Waals surface area contributed by atoms with Gasteiger partial charge in [0.1, 0.15) is 0 Å². The van der Waals surface area contributed by atoms with Crippen molar-refractivity contribution in [1.82, 2.24) is 10.2 Å². The maximum absolute atomic E-state index is 4.06. The molecule has 2 atom stereocenters. The molecule has 3 rings (SSSR count). The molecule has 3 heteroatoms. The maximum atomic E-state index is 4.06. The molecule has 0 amide bonds. The van der Waals surface area contributed by atoms with Gasteiger partial charge < -0.3 is 5.32 Å². The lowest BCUT2D eigenvalue weighted by Crippen LogP contribution is -2.30. The number of nitrogens with zero attached hydrogens (tertiary/aromatic N) is 1. The van der Waals surface area contributed by atoms with Crippen LogP contribution in [0.25, 0.3) is 10.9 Å². The van der Waals surface area contributed by atoms with Crippen LogP contribution in [-0.2, 0) is 0 Å². The molecule has 1 aliphatic rings. The standard InChI is InChI=1S/C15H21N3/c1-10-5-11(2)7-14(6-10)17-13-4-3-12-9-16-18-15(12)8-13/h3-4,8-11,14,17H,5-7H2,1-2H3,(H,16,18). The third-order valence-corrected chi connectivity index (χ3v) is 3.99. The first kappa shape index (κ1) is 11.6. The van der Waals surface area contributed by atoms with Gasteiger partial charge in [-0.25, -0.2) is 0 Å². The highest BCUT2D eigenvalue weighted by atomic mass is 15.1. The first-order valence-electron chi connectivity index (χ1n) is 6.90. The second-order valence-corrected chi connectivity index (χ2v) is 5.93. The Kier molecular flexibility index (Phi) is 2.98. The highest BCUT2D eigenvalue weighted by molar-refractivity contribution is 5.81. The lowest BCUT2D eigenvalue weighted by atomic mass is 9.80. The van der Waals surface area contributed by atoms with Crippen LogP contribution in [-0.4, -0.2) is 16.2 Å². The molecule has 1 aliphatic carbocycles. The van der Waals surface area contributed by atoms with Crippen molar-refractivity contribution in [2.24, 2.45) is 11.8 Å². The average molecular weight is 243 g/mol. The van der Waals surface area contributed by atoms with E-state index in [0.717, 1.165) is 17.4 Å². The number of aromatic nitrogens is 2. The smallest absolute Gasteiger partial charge is 0.0670 e. The third-order valence-electron chi connectivity index (χ3n) is 3.99. The van der Waals surface area contributed by atoms with Crippen LogP contribution in [0.4, 0.5) is 5.69 Å². The molecule has 3 nitrogen and oxygen atoms in total. The number of nitrogens with one attached hydrogen (secondary N) is 2. The molecule has 18 heavy (non-hydrogen) atoms. The number of rotatable bonds is 2. The van der Waals surface area contributed by atoms with E-state index in [0.29, 0.717) is 6.04 Å². The zero-order valence-electron chi connectivity index (χ0n) is 11.1. The molecule has 0 spiro atoms. The first-order valence-corrected chi connectivity index (χ1v) is 6.90. The van der Waals surface area contributed by atoms with Crippen molar-refractivity contribution in [3.63, 3.8) is 0 Å². The number of fused-ring (bicyclic) bond motifs is 1. The van der Waals surface area contributed by atoms with E-state index in [-0.39, 0.29) is 0 Å². The monoisotopic (exact) mass is 243 g/mol. The molecule has 2 aromatic rings. The Labute approximate surface area is 108 Å². The summed E-state index contributed by atoms with van der Waals surface area (Å²) in [5.74, 6) is 1.67. The van der Waals surface area contributed by atoms with Crippen LogP contribution in [0, 0.1) is 11.8 Å². The zero-order valence-corrected chi connectivity index (χ0v) is 11.1. The predicted molar refractivity (Wildman–Crippen MR) is 75.7 cm³/mol. The van der Waals surface area contributed by atoms with Gasteiger partial charge in [-0.15, -0.1) is 0 Å². The van der Waals surface area contributed by atoms with Gasteiger partial charge in [-0.3, -0.25) is 5.10 Å². The molecule has 0 aliphatic heterocycles. The Morgan fingerprint density at radius 2 is 1.94 bits per heavy atom. The average Bonchev–Trinajstić information content (AvgIpc) is 2.74. The van der Waals surface area contributed by atoms with Crippen molar-refractivity contribution in [2.45, 2.75) is 39.2 Å². The largest absolute Gasteiger partial charge is 0.382 e. The summed E-state index contributed by atoms with van der Waals surface area (Å²) in [6.07, 6.45) is 5.80. The van der Waals surface area contributed by atoms with Crippen LogP contribution in [0.15, 0.2) is 24.4 Å². The summed E-state index contributed by atoms with van der Waals surface area (Å²) < 4.78 is 0. The Morgan fingerprint density at radius 3 is 2.72 bits per heavy atom. The van der Waals surface area contributed by atoms with Gasteiger partial charge in [-0.05, 0) is 49.3 Å². The van der Waals surface area contributed by atoms with Crippen LogP contribution in [0.2, 0.25) is 0 Å². The van der Waals surface area contributed by atoms with Crippen molar-refractivity contribution in [3.05, 3.63) is 24.4 Å². The van der Waals surface area contributed by atoms with Crippen LogP contribution >= 0.6 is 0 Å². The maximum Gasteiger partial charge on any atom is 0.0670 e. The Hall–Kier alpha value is -1.51. The van der Waals surface area contributed by atoms with E-state index < -0.39 is 0 Å². The molecule has 1 aromatic carbocycles. The highest BCUT2D eigenvalue weighted by Crippen LogP contribution is 2.30. The Bertz CT molecular complexity index is 521. The Morgan fingerprint density at radius 1 is 1.17 bits per heavy atom. The lowest BCUT2D eigenvalue weighted by Gasteiger charge is -2.32. The van der Waals surface area contributed by atoms with Crippen LogP contribution in [0.5, 0.6) is 0 Å². The minimum Gasteiger partial charge on any atom is -0.382 e. The summed E-state index contributed by atoms with van der Waals surface area (Å²) in [5.41, 5.74) is 2.31. The minimum atomic E-state index is 0.615. The van der Waals surface area contributed by atoms with E-state index >= 15 is 0 Å². The summed E-state index contributed by atoms with van der Waals surface area (Å²) in [5, 5.41) is 11.9. The van der Waals surface area contributed by atoms with Gasteiger partial charge in [0.15, 0.2) is 0 Å². The van der Waals surface area contributed by atoms with Crippen molar-refractivity contribution in [2.75, 3.05) is 5.32 Å². The topological polar surface area (TPSA) is 40.7 Å². The van der Waals surface area contributed by atoms with Crippen molar-refractivity contribution in [3.8, 4) is 0 Å². The van der Waals surface area contributed by atoms with E-state index in [9.17, 15) is 0 Å². The fourth-order valence-corrected chi connectivity index (χ4v) is 3.33. The quantitative estimate of drug-likeness (QED) is 0.842. The summed E-state index contributed by atoms with van der Waals surface area (Å²) in [6, 6.07) is 7.05. The van der Waals surface area contributed by atoms with E-state index in [4.69, 9.17) is 0 Å². The fourth-order valence-electron chi connectivity index (χ4n) is 3.33. The van der Waals surface area contributed by atoms with Gasteiger partial charge in [-0.1, -0.05) is 13.8 Å². The van der Waals surface area contributed by atoms with E-state index in [1.807, 2.05) is 6.20 Å². The molecule has 1 heterocycles. The van der Waals surface area contributed by atoms with Gasteiger partial charge in [0, 0.05) is 17.1 Å². The van der Waals surface area contributed by atoms with Gasteiger partial charge in [0.05, 0.1) is 11.7 Å². The molecule has 96 valence electrons. The van der Waals surface area contributed by atoms with Gasteiger partial charge in [-0.2, -0.15) is 5.10 Å². The van der Waals surface area contributed by atoms with E-state index in [2.05, 4.69) is 47.6 Å². The zero-order chi connectivity index (χ0) is 12.5. The lowest BCUT2D eigenvalue weighted by molar-refractivity contribution is 0.281. The SMILES string of the molecule is CC1CC(C)CC(Nc2ccc3cn[nH]c3c2)C1. The second kappa shape index (κ2) is 4.63. The molecular weight excluding hydrogens is 222 g/mol. The van der Waals surface area contributed by atoms with Crippen LogP contribution in [0.1, 0.15) is 33.1 Å². The third kappa shape index (κ3) is 2.35. The molecule has 1 aromatic heterocycles. The molecule has 0 radical (unpaired) electrons. The molecule has 2 N–H and O–H groups in total. The second-order valence-electron chi connectivity index (χ2n) is 5.93. The molecule has 1 fully saturated rings. The summed E-state index contributed by atoms with van der Waals surface area (Å²) >= 11 is 0. The van der Waals surface area contributed by atoms with Gasteiger partial charge in [0.2, 0.25) is 0 Å².